The van der Waals surface area contributed by atoms with E-state index in [-0.39, 0.29) is 30.5 Å². The molecular formula is C21H34N2O4. The van der Waals surface area contributed by atoms with Crippen LogP contribution in [0, 0.1) is 11.8 Å². The number of rotatable bonds is 12. The average Bonchev–Trinajstić information content (AvgIpc) is 3.24. The van der Waals surface area contributed by atoms with Crippen LogP contribution in [0.5, 0.6) is 0 Å². The van der Waals surface area contributed by atoms with Gasteiger partial charge in [-0.25, -0.2) is 5.01 Å². The lowest BCUT2D eigenvalue weighted by Crippen LogP contribution is -2.29. The van der Waals surface area contributed by atoms with Crippen LogP contribution < -0.4 is 0 Å². The van der Waals surface area contributed by atoms with Gasteiger partial charge in [0.05, 0.1) is 12.2 Å². The zero-order valence-corrected chi connectivity index (χ0v) is 16.7. The number of carbonyl (C=O) groups is 2. The van der Waals surface area contributed by atoms with Crippen molar-refractivity contribution in [3.63, 3.8) is 0 Å². The molecule has 0 spiro atoms. The van der Waals surface area contributed by atoms with Crippen LogP contribution in [0.3, 0.4) is 0 Å². The third kappa shape index (κ3) is 6.76. The molecule has 2 bridgehead atoms. The summed E-state index contributed by atoms with van der Waals surface area (Å²) in [6.07, 6.45) is 15.1. The number of amides is 1. The Balaban J connectivity index is 1.82. The van der Waals surface area contributed by atoms with Gasteiger partial charge in [-0.05, 0) is 44.4 Å². The maximum atomic E-state index is 12.1. The molecule has 0 unspecified atom stereocenters. The van der Waals surface area contributed by atoms with Crippen LogP contribution >= 0.6 is 0 Å². The Bertz CT molecular complexity index is 546. The van der Waals surface area contributed by atoms with Crippen LogP contribution in [-0.2, 0) is 14.3 Å². The second-order valence-electron chi connectivity index (χ2n) is 7.66. The lowest BCUT2D eigenvalue weighted by molar-refractivity contribution is -0.137. The first-order chi connectivity index (χ1) is 13.0. The van der Waals surface area contributed by atoms with Gasteiger partial charge in [0.2, 0.25) is 5.91 Å². The molecule has 4 atom stereocenters. The van der Waals surface area contributed by atoms with Crippen molar-refractivity contribution in [1.82, 2.24) is 5.01 Å². The minimum absolute atomic E-state index is 0.0682. The minimum atomic E-state index is -0.741. The summed E-state index contributed by atoms with van der Waals surface area (Å²) in [4.78, 5) is 22.6. The van der Waals surface area contributed by atoms with Crippen molar-refractivity contribution in [2.24, 2.45) is 16.9 Å². The first-order valence-electron chi connectivity index (χ1n) is 10.4. The fraction of sp³-hybridized carbons (Fsp3) is 0.762. The monoisotopic (exact) mass is 378 g/mol. The highest BCUT2D eigenvalue weighted by Gasteiger charge is 2.47. The highest BCUT2D eigenvalue weighted by atomic mass is 16.5. The molecule has 0 aromatic heterocycles. The van der Waals surface area contributed by atoms with Gasteiger partial charge in [-0.3, -0.25) is 9.59 Å². The Hall–Kier alpha value is -1.69. The molecule has 6 nitrogen and oxygen atoms in total. The van der Waals surface area contributed by atoms with E-state index in [4.69, 9.17) is 9.84 Å². The van der Waals surface area contributed by atoms with Gasteiger partial charge in [-0.1, -0.05) is 31.9 Å². The van der Waals surface area contributed by atoms with Crippen LogP contribution in [0.15, 0.2) is 17.3 Å². The Labute approximate surface area is 162 Å². The lowest BCUT2D eigenvalue weighted by Gasteiger charge is -2.24. The molecule has 27 heavy (non-hydrogen) atoms. The standard InChI is InChI=1S/C21H34N2O4/c1-3-4-7-11-20(24)23(2)22-15-17-16(18-13-14-19(17)27-18)10-8-5-6-9-12-21(25)26/h5,8,15-19H,3-4,6-7,9-14H2,1-2H3,(H,25,26)/t16-,17+,18-,19+/m1/s1. The fourth-order valence-corrected chi connectivity index (χ4v) is 4.00. The van der Waals surface area contributed by atoms with Crippen LogP contribution in [0.2, 0.25) is 0 Å². The molecule has 1 N–H and O–H groups in total. The van der Waals surface area contributed by atoms with Crippen molar-refractivity contribution < 1.29 is 19.4 Å². The smallest absolute Gasteiger partial charge is 0.303 e. The van der Waals surface area contributed by atoms with Gasteiger partial charge in [-0.2, -0.15) is 5.10 Å². The number of allylic oxidation sites excluding steroid dienone is 2. The van der Waals surface area contributed by atoms with E-state index in [1.807, 2.05) is 6.21 Å². The van der Waals surface area contributed by atoms with E-state index in [1.165, 1.54) is 5.01 Å². The maximum Gasteiger partial charge on any atom is 0.303 e. The molecule has 2 aliphatic rings. The lowest BCUT2D eigenvalue weighted by atomic mass is 9.78. The molecule has 0 radical (unpaired) electrons. The first kappa shape index (κ1) is 21.6. The highest BCUT2D eigenvalue weighted by molar-refractivity contribution is 5.77. The number of fused-ring (bicyclic) bond motifs is 2. The maximum absolute atomic E-state index is 12.1. The van der Waals surface area contributed by atoms with Gasteiger partial charge in [0, 0.05) is 32.0 Å². The number of unbranched alkanes of at least 4 members (excludes halogenated alkanes) is 3. The summed E-state index contributed by atoms with van der Waals surface area (Å²) in [5.41, 5.74) is 0. The molecule has 0 saturated carbocycles. The van der Waals surface area contributed by atoms with E-state index in [1.54, 1.807) is 7.05 Å². The van der Waals surface area contributed by atoms with Crippen LogP contribution in [-0.4, -0.2) is 47.5 Å². The minimum Gasteiger partial charge on any atom is -0.481 e. The van der Waals surface area contributed by atoms with E-state index in [2.05, 4.69) is 24.2 Å². The number of aliphatic carboxylic acids is 1. The number of carboxylic acids is 1. The van der Waals surface area contributed by atoms with Crippen molar-refractivity contribution in [3.05, 3.63) is 12.2 Å². The van der Waals surface area contributed by atoms with Gasteiger partial charge in [-0.15, -0.1) is 0 Å². The summed E-state index contributed by atoms with van der Waals surface area (Å²) in [5.74, 6) is -0.0293. The van der Waals surface area contributed by atoms with Crippen molar-refractivity contribution in [2.75, 3.05) is 7.05 Å². The third-order valence-corrected chi connectivity index (χ3v) is 5.59. The predicted octanol–water partition coefficient (Wildman–Crippen LogP) is 4.01. The van der Waals surface area contributed by atoms with E-state index in [0.29, 0.717) is 18.8 Å². The number of ether oxygens (including phenoxy) is 1. The molecule has 0 aliphatic carbocycles. The number of carbonyl (C=O) groups excluding carboxylic acids is 1. The Morgan fingerprint density at radius 1 is 1.15 bits per heavy atom. The van der Waals surface area contributed by atoms with E-state index >= 15 is 0 Å². The van der Waals surface area contributed by atoms with Gasteiger partial charge in [0.15, 0.2) is 0 Å². The molecule has 2 aliphatic heterocycles. The Morgan fingerprint density at radius 2 is 1.93 bits per heavy atom. The summed E-state index contributed by atoms with van der Waals surface area (Å²) in [5, 5.41) is 14.6. The van der Waals surface area contributed by atoms with Gasteiger partial charge in [0.25, 0.3) is 0 Å². The van der Waals surface area contributed by atoms with Crippen molar-refractivity contribution in [3.8, 4) is 0 Å². The largest absolute Gasteiger partial charge is 0.481 e. The molecule has 2 rings (SSSR count). The summed E-state index contributed by atoms with van der Waals surface area (Å²) in [6.45, 7) is 2.13. The van der Waals surface area contributed by atoms with Gasteiger partial charge < -0.3 is 9.84 Å². The van der Waals surface area contributed by atoms with E-state index in [9.17, 15) is 9.59 Å². The zero-order chi connectivity index (χ0) is 19.6. The van der Waals surface area contributed by atoms with Gasteiger partial charge >= 0.3 is 5.97 Å². The molecule has 2 fully saturated rings. The number of hydrazone groups is 1. The van der Waals surface area contributed by atoms with Gasteiger partial charge in [0.1, 0.15) is 0 Å². The average molecular weight is 379 g/mol. The zero-order valence-electron chi connectivity index (χ0n) is 16.7. The predicted molar refractivity (Wildman–Crippen MR) is 106 cm³/mol. The van der Waals surface area contributed by atoms with E-state index in [0.717, 1.165) is 44.9 Å². The normalized spacial score (nSPS) is 27.0. The highest BCUT2D eigenvalue weighted by Crippen LogP contribution is 2.44. The van der Waals surface area contributed by atoms with E-state index < -0.39 is 5.97 Å². The molecule has 1 amide bonds. The Kier molecular flexibility index (Phi) is 8.98. The summed E-state index contributed by atoms with van der Waals surface area (Å²) < 4.78 is 6.07. The SMILES string of the molecule is CCCCCC(=O)N(C)N=C[C@H]1[C@@H](CC=CCCCC(=O)O)[C@H]2CC[C@@H]1O2. The molecule has 0 aromatic carbocycles. The van der Waals surface area contributed by atoms with Crippen LogP contribution in [0.25, 0.3) is 0 Å². The number of nitrogens with zero attached hydrogens (tertiary/aromatic N) is 2. The Morgan fingerprint density at radius 3 is 2.67 bits per heavy atom. The van der Waals surface area contributed by atoms with Crippen LogP contribution in [0.4, 0.5) is 0 Å². The molecule has 0 aromatic rings. The molecule has 152 valence electrons. The summed E-state index contributed by atoms with van der Waals surface area (Å²) in [6, 6.07) is 0. The summed E-state index contributed by atoms with van der Waals surface area (Å²) >= 11 is 0. The second kappa shape index (κ2) is 11.2. The molecule has 2 heterocycles. The first-order valence-corrected chi connectivity index (χ1v) is 10.4. The molecular weight excluding hydrogens is 344 g/mol. The van der Waals surface area contributed by atoms with Crippen molar-refractivity contribution in [1.29, 1.82) is 0 Å². The van der Waals surface area contributed by atoms with Crippen molar-refractivity contribution >= 4 is 18.1 Å². The molecule has 6 heteroatoms. The van der Waals surface area contributed by atoms with Crippen molar-refractivity contribution in [2.45, 2.75) is 83.3 Å². The summed E-state index contributed by atoms with van der Waals surface area (Å²) in [7, 11) is 1.73. The number of carboxylic acid groups (broad SMARTS) is 1. The number of hydrogen-bond acceptors (Lipinski definition) is 4. The molecule has 2 saturated heterocycles. The topological polar surface area (TPSA) is 79.2 Å². The van der Waals surface area contributed by atoms with Crippen LogP contribution in [0.1, 0.15) is 71.1 Å². The second-order valence-corrected chi connectivity index (χ2v) is 7.66. The number of hydrogen-bond donors (Lipinski definition) is 1. The quantitative estimate of drug-likeness (QED) is 0.241. The fourth-order valence-electron chi connectivity index (χ4n) is 4.00. The third-order valence-electron chi connectivity index (χ3n) is 5.59.